The summed E-state index contributed by atoms with van der Waals surface area (Å²) in [5.41, 5.74) is 0.855. The van der Waals surface area contributed by atoms with E-state index in [2.05, 4.69) is 15.3 Å². The van der Waals surface area contributed by atoms with E-state index in [0.717, 1.165) is 17.1 Å². The summed E-state index contributed by atoms with van der Waals surface area (Å²) >= 11 is 5.27. The van der Waals surface area contributed by atoms with Crippen LogP contribution in [0.4, 0.5) is 0 Å². The topological polar surface area (TPSA) is 68.3 Å². The van der Waals surface area contributed by atoms with E-state index in [9.17, 15) is 0 Å². The van der Waals surface area contributed by atoms with Gasteiger partial charge in [-0.15, -0.1) is 0 Å². The van der Waals surface area contributed by atoms with E-state index in [1.807, 2.05) is 57.2 Å². The maximum Gasteiger partial charge on any atom is 0.216 e. The van der Waals surface area contributed by atoms with Gasteiger partial charge < -0.3 is 9.15 Å². The van der Waals surface area contributed by atoms with Crippen LogP contribution in [0.1, 0.15) is 25.4 Å². The summed E-state index contributed by atoms with van der Waals surface area (Å²) in [6.07, 6.45) is 1.71. The highest BCUT2D eigenvalue weighted by Crippen LogP contribution is 2.23. The summed E-state index contributed by atoms with van der Waals surface area (Å²) in [4.78, 5) is 0. The largest absolute Gasteiger partial charge is 0.491 e. The highest BCUT2D eigenvalue weighted by molar-refractivity contribution is 7.71. The number of hydrogen-bond donors (Lipinski definition) is 1. The Hall–Kier alpha value is -2.67. The quantitative estimate of drug-likeness (QED) is 0.558. The third-order valence-corrected chi connectivity index (χ3v) is 3.44. The lowest BCUT2D eigenvalue weighted by Gasteiger charge is -2.10. The van der Waals surface area contributed by atoms with Crippen molar-refractivity contribution in [2.75, 3.05) is 0 Å². The van der Waals surface area contributed by atoms with Crippen molar-refractivity contribution in [2.24, 2.45) is 5.10 Å². The van der Waals surface area contributed by atoms with Crippen LogP contribution in [0.15, 0.2) is 45.9 Å². The Morgan fingerprint density at radius 3 is 2.88 bits per heavy atom. The van der Waals surface area contributed by atoms with E-state index < -0.39 is 0 Å². The predicted molar refractivity (Wildman–Crippen MR) is 95.0 cm³/mol. The first-order valence-corrected chi connectivity index (χ1v) is 7.99. The first-order valence-electron chi connectivity index (χ1n) is 7.58. The van der Waals surface area contributed by atoms with Gasteiger partial charge in [-0.25, -0.2) is 5.10 Å². The molecule has 1 aromatic carbocycles. The van der Waals surface area contributed by atoms with E-state index in [-0.39, 0.29) is 6.10 Å². The van der Waals surface area contributed by atoms with Gasteiger partial charge in [-0.1, -0.05) is 12.1 Å². The van der Waals surface area contributed by atoms with Gasteiger partial charge in [0.1, 0.15) is 17.3 Å². The molecule has 0 saturated heterocycles. The average Bonchev–Trinajstić information content (AvgIpc) is 3.11. The Balaban J connectivity index is 1.95. The number of H-pyrrole nitrogens is 1. The number of aromatic nitrogens is 3. The van der Waals surface area contributed by atoms with Crippen molar-refractivity contribution in [1.29, 1.82) is 0 Å². The molecule has 0 unspecified atom stereocenters. The number of ether oxygens (including phenoxy) is 1. The molecule has 0 aliphatic heterocycles. The fourth-order valence-corrected chi connectivity index (χ4v) is 2.38. The van der Waals surface area contributed by atoms with Crippen LogP contribution >= 0.6 is 12.2 Å². The molecule has 0 atom stereocenters. The molecular weight excluding hydrogens is 324 g/mol. The Kier molecular flexibility index (Phi) is 4.61. The fraction of sp³-hybridized carbons (Fsp3) is 0.235. The van der Waals surface area contributed by atoms with E-state index >= 15 is 0 Å². The van der Waals surface area contributed by atoms with Crippen molar-refractivity contribution >= 4 is 18.4 Å². The molecular formula is C17H18N4O2S. The molecule has 0 radical (unpaired) electrons. The second kappa shape index (κ2) is 6.84. The van der Waals surface area contributed by atoms with Gasteiger partial charge in [0, 0.05) is 5.56 Å². The first-order chi connectivity index (χ1) is 11.5. The normalized spacial score (nSPS) is 11.5. The maximum atomic E-state index is 5.73. The predicted octanol–water partition coefficient (Wildman–Crippen LogP) is 4.18. The molecule has 0 aliphatic carbocycles. The first kappa shape index (κ1) is 16.2. The standard InChI is InChI=1S/C17H18N4O2S/c1-11(2)22-14-6-4-5-13(9-14)16-19-20-17(24)21(16)18-10-15-8-7-12(3)23-15/h4-11H,1-3H3,(H,20,24)/b18-10-. The minimum atomic E-state index is 0.0984. The summed E-state index contributed by atoms with van der Waals surface area (Å²) in [7, 11) is 0. The maximum absolute atomic E-state index is 5.73. The number of aryl methyl sites for hydroxylation is 1. The van der Waals surface area contributed by atoms with E-state index in [0.29, 0.717) is 16.4 Å². The average molecular weight is 342 g/mol. The van der Waals surface area contributed by atoms with Gasteiger partial charge in [0.2, 0.25) is 4.77 Å². The van der Waals surface area contributed by atoms with Gasteiger partial charge in [-0.3, -0.25) is 0 Å². The van der Waals surface area contributed by atoms with Crippen LogP contribution in [-0.4, -0.2) is 27.2 Å². The number of aromatic amines is 1. The Labute approximate surface area is 144 Å². The highest BCUT2D eigenvalue weighted by atomic mass is 32.1. The van der Waals surface area contributed by atoms with Crippen molar-refractivity contribution in [1.82, 2.24) is 14.9 Å². The number of nitrogens with zero attached hydrogens (tertiary/aromatic N) is 3. The number of rotatable bonds is 5. The van der Waals surface area contributed by atoms with Crippen LogP contribution in [0.5, 0.6) is 5.75 Å². The zero-order valence-corrected chi connectivity index (χ0v) is 14.5. The zero-order chi connectivity index (χ0) is 17.1. The van der Waals surface area contributed by atoms with Crippen molar-refractivity contribution in [3.8, 4) is 17.1 Å². The molecule has 0 amide bonds. The number of hydrogen-bond acceptors (Lipinski definition) is 5. The second-order valence-corrected chi connectivity index (χ2v) is 5.94. The lowest BCUT2D eigenvalue weighted by atomic mass is 10.2. The minimum absolute atomic E-state index is 0.0984. The number of nitrogens with one attached hydrogen (secondary N) is 1. The van der Waals surface area contributed by atoms with Gasteiger partial charge in [0.05, 0.1) is 12.3 Å². The SMILES string of the molecule is Cc1ccc(/C=N\n2c(-c3cccc(OC(C)C)c3)n[nH]c2=S)o1. The molecule has 0 spiro atoms. The van der Waals surface area contributed by atoms with E-state index in [1.54, 1.807) is 10.9 Å². The summed E-state index contributed by atoms with van der Waals surface area (Å²) in [6, 6.07) is 11.4. The third kappa shape index (κ3) is 3.62. The molecule has 2 aromatic heterocycles. The summed E-state index contributed by atoms with van der Waals surface area (Å²) in [5.74, 6) is 2.85. The lowest BCUT2D eigenvalue weighted by Crippen LogP contribution is -2.05. The van der Waals surface area contributed by atoms with Crippen molar-refractivity contribution in [2.45, 2.75) is 26.9 Å². The molecule has 0 aliphatic rings. The molecule has 3 rings (SSSR count). The number of furan rings is 1. The Bertz CT molecular complexity index is 921. The minimum Gasteiger partial charge on any atom is -0.491 e. The van der Waals surface area contributed by atoms with Crippen LogP contribution in [0, 0.1) is 11.7 Å². The summed E-state index contributed by atoms with van der Waals surface area (Å²) in [6.45, 7) is 5.85. The van der Waals surface area contributed by atoms with E-state index in [1.165, 1.54) is 0 Å². The highest BCUT2D eigenvalue weighted by Gasteiger charge is 2.10. The molecule has 1 N–H and O–H groups in total. The molecule has 3 aromatic rings. The van der Waals surface area contributed by atoms with Crippen molar-refractivity contribution in [3.05, 3.63) is 52.7 Å². The lowest BCUT2D eigenvalue weighted by molar-refractivity contribution is 0.242. The van der Waals surface area contributed by atoms with Gasteiger partial charge >= 0.3 is 0 Å². The molecule has 7 heteroatoms. The van der Waals surface area contributed by atoms with Gasteiger partial charge in [-0.05, 0) is 57.3 Å². The monoisotopic (exact) mass is 342 g/mol. The zero-order valence-electron chi connectivity index (χ0n) is 13.7. The third-order valence-electron chi connectivity index (χ3n) is 3.18. The van der Waals surface area contributed by atoms with Crippen LogP contribution < -0.4 is 4.74 Å². The molecule has 124 valence electrons. The van der Waals surface area contributed by atoms with Crippen LogP contribution in [0.2, 0.25) is 0 Å². The van der Waals surface area contributed by atoms with Crippen molar-refractivity contribution < 1.29 is 9.15 Å². The van der Waals surface area contributed by atoms with Gasteiger partial charge in [0.25, 0.3) is 0 Å². The molecule has 0 saturated carbocycles. The molecule has 2 heterocycles. The van der Waals surface area contributed by atoms with Gasteiger partial charge in [-0.2, -0.15) is 14.9 Å². The molecule has 6 nitrogen and oxygen atoms in total. The van der Waals surface area contributed by atoms with Crippen LogP contribution in [0.25, 0.3) is 11.4 Å². The Morgan fingerprint density at radius 2 is 2.17 bits per heavy atom. The molecule has 24 heavy (non-hydrogen) atoms. The summed E-state index contributed by atoms with van der Waals surface area (Å²) in [5, 5.41) is 11.4. The van der Waals surface area contributed by atoms with E-state index in [4.69, 9.17) is 21.4 Å². The van der Waals surface area contributed by atoms with Crippen molar-refractivity contribution in [3.63, 3.8) is 0 Å². The fourth-order valence-electron chi connectivity index (χ4n) is 2.20. The second-order valence-electron chi connectivity index (χ2n) is 5.55. The smallest absolute Gasteiger partial charge is 0.216 e. The van der Waals surface area contributed by atoms with Crippen LogP contribution in [0.3, 0.4) is 0 Å². The number of benzene rings is 1. The summed E-state index contributed by atoms with van der Waals surface area (Å²) < 4.78 is 13.2. The van der Waals surface area contributed by atoms with Gasteiger partial charge in [0.15, 0.2) is 5.82 Å². The molecule has 0 fully saturated rings. The Morgan fingerprint density at radius 1 is 1.33 bits per heavy atom. The van der Waals surface area contributed by atoms with Crippen LogP contribution in [-0.2, 0) is 0 Å². The molecule has 0 bridgehead atoms.